The number of methoxy groups -OCH3 is 1. The topological polar surface area (TPSA) is 93.9 Å². The van der Waals surface area contributed by atoms with Crippen LogP contribution in [0, 0.1) is 11.3 Å². The van der Waals surface area contributed by atoms with Crippen molar-refractivity contribution in [1.82, 2.24) is 9.80 Å². The van der Waals surface area contributed by atoms with Crippen LogP contribution in [0.25, 0.3) is 0 Å². The maximum atomic E-state index is 14.2. The van der Waals surface area contributed by atoms with E-state index >= 15 is 0 Å². The van der Waals surface area contributed by atoms with Crippen LogP contribution in [-0.4, -0.2) is 60.4 Å². The van der Waals surface area contributed by atoms with Crippen LogP contribution in [0.5, 0.6) is 0 Å². The minimum absolute atomic E-state index is 0.0293. The Balaban J connectivity index is 1.64. The molecule has 5 rings (SSSR count). The van der Waals surface area contributed by atoms with E-state index in [4.69, 9.17) is 4.74 Å². The van der Waals surface area contributed by atoms with Gasteiger partial charge in [0.05, 0.1) is 35.0 Å². The molecule has 0 bridgehead atoms. The highest BCUT2D eigenvalue weighted by atomic mass is 19.4. The van der Waals surface area contributed by atoms with Crippen LogP contribution in [0.15, 0.2) is 59.8 Å². The summed E-state index contributed by atoms with van der Waals surface area (Å²) in [5.41, 5.74) is 0.560. The molecule has 40 heavy (non-hydrogen) atoms. The molecular formula is C29H27F3N4O4. The minimum atomic E-state index is -4.64. The maximum absolute atomic E-state index is 14.2. The summed E-state index contributed by atoms with van der Waals surface area (Å²) in [7, 11) is 1.56. The molecule has 208 valence electrons. The van der Waals surface area contributed by atoms with Crippen molar-refractivity contribution in [2.45, 2.75) is 44.0 Å². The first-order valence-corrected chi connectivity index (χ1v) is 13.0. The van der Waals surface area contributed by atoms with E-state index in [-0.39, 0.29) is 42.0 Å². The van der Waals surface area contributed by atoms with Crippen molar-refractivity contribution in [2.75, 3.05) is 31.6 Å². The third-order valence-electron chi connectivity index (χ3n) is 7.64. The fraction of sp³-hybridized carbons (Fsp3) is 0.379. The van der Waals surface area contributed by atoms with Crippen molar-refractivity contribution >= 4 is 23.4 Å². The first-order chi connectivity index (χ1) is 19.1. The van der Waals surface area contributed by atoms with Gasteiger partial charge in [-0.25, -0.2) is 4.79 Å². The van der Waals surface area contributed by atoms with E-state index in [0.717, 1.165) is 17.0 Å². The van der Waals surface area contributed by atoms with Gasteiger partial charge in [-0.15, -0.1) is 0 Å². The Hall–Kier alpha value is -4.17. The molecule has 0 saturated carbocycles. The molecule has 0 aromatic heterocycles. The molecule has 1 saturated heterocycles. The monoisotopic (exact) mass is 552 g/mol. The van der Waals surface area contributed by atoms with Gasteiger partial charge in [-0.1, -0.05) is 18.2 Å². The second-order valence-corrected chi connectivity index (χ2v) is 10.1. The number of anilines is 1. The second-order valence-electron chi connectivity index (χ2n) is 10.1. The Kier molecular flexibility index (Phi) is 7.38. The summed E-state index contributed by atoms with van der Waals surface area (Å²) in [6.45, 7) is 0.397. The number of Topliss-reactive ketones (excluding diaryl/α,β-unsaturated/α-hetero) is 1. The molecule has 1 aliphatic carbocycles. The summed E-state index contributed by atoms with van der Waals surface area (Å²) < 4.78 is 46.1. The average molecular weight is 553 g/mol. The Morgan fingerprint density at radius 2 is 1.88 bits per heavy atom. The van der Waals surface area contributed by atoms with Crippen molar-refractivity contribution in [1.29, 1.82) is 5.26 Å². The van der Waals surface area contributed by atoms with Crippen molar-refractivity contribution < 1.29 is 32.3 Å². The van der Waals surface area contributed by atoms with Crippen molar-refractivity contribution in [3.8, 4) is 6.07 Å². The second kappa shape index (κ2) is 10.8. The van der Waals surface area contributed by atoms with Gasteiger partial charge in [-0.2, -0.15) is 18.4 Å². The molecule has 3 aliphatic rings. The highest BCUT2D eigenvalue weighted by molar-refractivity contribution is 6.07. The number of ketones is 1. The number of benzene rings is 2. The molecule has 2 aliphatic heterocycles. The number of ether oxygens (including phenoxy) is 1. The zero-order valence-electron chi connectivity index (χ0n) is 21.8. The Bertz CT molecular complexity index is 1410. The lowest BCUT2D eigenvalue weighted by Gasteiger charge is -2.45. The fourth-order valence-electron chi connectivity index (χ4n) is 5.63. The summed E-state index contributed by atoms with van der Waals surface area (Å²) in [5, 5.41) is 9.26. The molecule has 0 N–H and O–H groups in total. The van der Waals surface area contributed by atoms with Crippen LogP contribution < -0.4 is 4.90 Å². The number of allylic oxidation sites excluding steroid dienone is 1. The van der Waals surface area contributed by atoms with Gasteiger partial charge in [0.25, 0.3) is 0 Å². The van der Waals surface area contributed by atoms with Crippen LogP contribution in [0.3, 0.4) is 0 Å². The van der Waals surface area contributed by atoms with E-state index < -0.39 is 23.8 Å². The van der Waals surface area contributed by atoms with E-state index in [1.54, 1.807) is 36.3 Å². The summed E-state index contributed by atoms with van der Waals surface area (Å²) in [6.07, 6.45) is -3.18. The molecule has 0 radical (unpaired) electrons. The molecule has 11 heteroatoms. The van der Waals surface area contributed by atoms with E-state index in [1.165, 1.54) is 17.0 Å². The number of carbonyl (C=O) groups is 3. The SMILES string of the molecule is COC1CCN(C(=O)CN2C(=O)N(c3cccc(C(F)(F)F)c3)C3=C(C(=O)CCC3)C2c2ccc(C#N)cc2)C1. The van der Waals surface area contributed by atoms with Crippen LogP contribution in [0.1, 0.15) is 48.4 Å². The number of nitriles is 1. The van der Waals surface area contributed by atoms with Crippen LogP contribution >= 0.6 is 0 Å². The summed E-state index contributed by atoms with van der Waals surface area (Å²) >= 11 is 0. The van der Waals surface area contributed by atoms with Gasteiger partial charge < -0.3 is 14.5 Å². The summed E-state index contributed by atoms with van der Waals surface area (Å²) in [4.78, 5) is 45.1. The van der Waals surface area contributed by atoms with E-state index in [2.05, 4.69) is 0 Å². The fourth-order valence-corrected chi connectivity index (χ4v) is 5.63. The molecular weight excluding hydrogens is 525 g/mol. The van der Waals surface area contributed by atoms with Crippen molar-refractivity contribution in [3.05, 3.63) is 76.5 Å². The van der Waals surface area contributed by atoms with Gasteiger partial charge in [0, 0.05) is 37.9 Å². The largest absolute Gasteiger partial charge is 0.416 e. The van der Waals surface area contributed by atoms with Crippen LogP contribution in [0.4, 0.5) is 23.7 Å². The minimum Gasteiger partial charge on any atom is -0.380 e. The standard InChI is InChI=1S/C29H27F3N4O4/c1-40-22-12-13-34(16-22)25(38)17-35-27(19-10-8-18(15-33)9-11-19)26-23(6-3-7-24(26)37)36(28(35)39)21-5-2-4-20(14-21)29(30,31)32/h2,4-5,8-11,14,22,27H,3,6-7,12-13,16-17H2,1H3. The molecule has 2 aromatic rings. The van der Waals surface area contributed by atoms with Gasteiger partial charge in [0.15, 0.2) is 5.78 Å². The van der Waals surface area contributed by atoms with Gasteiger partial charge in [0.2, 0.25) is 5.91 Å². The van der Waals surface area contributed by atoms with Crippen LogP contribution in [-0.2, 0) is 20.5 Å². The van der Waals surface area contributed by atoms with Crippen LogP contribution in [0.2, 0.25) is 0 Å². The highest BCUT2D eigenvalue weighted by Crippen LogP contribution is 2.44. The van der Waals surface area contributed by atoms with Gasteiger partial charge >= 0.3 is 12.2 Å². The number of carbonyl (C=O) groups excluding carboxylic acids is 3. The Labute approximate surface area is 229 Å². The molecule has 2 unspecified atom stereocenters. The predicted octanol–water partition coefficient (Wildman–Crippen LogP) is 4.81. The third-order valence-corrected chi connectivity index (χ3v) is 7.64. The quantitative estimate of drug-likeness (QED) is 0.531. The number of rotatable bonds is 5. The van der Waals surface area contributed by atoms with Gasteiger partial charge in [0.1, 0.15) is 6.54 Å². The number of likely N-dealkylation sites (tertiary alicyclic amines) is 1. The number of halogens is 3. The Morgan fingerprint density at radius 3 is 2.52 bits per heavy atom. The zero-order valence-corrected chi connectivity index (χ0v) is 21.8. The van der Waals surface area contributed by atoms with Gasteiger partial charge in [-0.05, 0) is 55.2 Å². The molecule has 3 amide bonds. The third kappa shape index (κ3) is 5.07. The zero-order chi connectivity index (χ0) is 28.6. The normalized spacial score (nSPS) is 21.5. The lowest BCUT2D eigenvalue weighted by atomic mass is 9.83. The first-order valence-electron chi connectivity index (χ1n) is 13.0. The molecule has 2 atom stereocenters. The van der Waals surface area contributed by atoms with Gasteiger partial charge in [-0.3, -0.25) is 14.5 Å². The summed E-state index contributed by atoms with van der Waals surface area (Å²) in [6, 6.07) is 11.2. The number of nitrogens with zero attached hydrogens (tertiary/aromatic N) is 4. The van der Waals surface area contributed by atoms with Crippen molar-refractivity contribution in [3.63, 3.8) is 0 Å². The molecule has 1 fully saturated rings. The molecule has 8 nitrogen and oxygen atoms in total. The number of hydrogen-bond donors (Lipinski definition) is 0. The number of alkyl halides is 3. The Morgan fingerprint density at radius 1 is 1.12 bits per heavy atom. The smallest absolute Gasteiger partial charge is 0.380 e. The highest BCUT2D eigenvalue weighted by Gasteiger charge is 2.46. The average Bonchev–Trinajstić information content (AvgIpc) is 3.43. The number of amides is 3. The first kappa shape index (κ1) is 27.4. The lowest BCUT2D eigenvalue weighted by Crippen LogP contribution is -2.54. The summed E-state index contributed by atoms with van der Waals surface area (Å²) in [5.74, 6) is -0.596. The lowest BCUT2D eigenvalue weighted by molar-refractivity contribution is -0.137. The maximum Gasteiger partial charge on any atom is 0.416 e. The molecule has 2 heterocycles. The molecule has 0 spiro atoms. The predicted molar refractivity (Wildman–Crippen MR) is 138 cm³/mol. The number of hydrogen-bond acceptors (Lipinski definition) is 5. The number of urea groups is 1. The van der Waals surface area contributed by atoms with E-state index in [9.17, 15) is 32.8 Å². The van der Waals surface area contributed by atoms with Crippen molar-refractivity contribution in [2.24, 2.45) is 0 Å². The van der Waals surface area contributed by atoms with E-state index in [0.29, 0.717) is 49.2 Å². The molecule has 2 aromatic carbocycles. The van der Waals surface area contributed by atoms with E-state index in [1.807, 2.05) is 6.07 Å².